The Balaban J connectivity index is 1.32. The van der Waals surface area contributed by atoms with Crippen molar-refractivity contribution in [3.05, 3.63) is 71.6 Å². The van der Waals surface area contributed by atoms with E-state index in [1.807, 2.05) is 61.5 Å². The minimum Gasteiger partial charge on any atom is -0.493 e. The van der Waals surface area contributed by atoms with E-state index in [0.717, 1.165) is 28.3 Å². The lowest BCUT2D eigenvalue weighted by Crippen LogP contribution is -2.27. The second-order valence-electron chi connectivity index (χ2n) is 8.65. The Kier molecular flexibility index (Phi) is 7.30. The smallest absolute Gasteiger partial charge is 0.310 e. The average molecular weight is 463 g/mol. The van der Waals surface area contributed by atoms with Gasteiger partial charge in [0.15, 0.2) is 0 Å². The van der Waals surface area contributed by atoms with Crippen LogP contribution in [0.3, 0.4) is 0 Å². The summed E-state index contributed by atoms with van der Waals surface area (Å²) in [5, 5.41) is 0. The Morgan fingerprint density at radius 1 is 1.09 bits per heavy atom. The van der Waals surface area contributed by atoms with E-state index in [1.54, 1.807) is 4.90 Å². The number of hydrogen-bond donors (Lipinski definition) is 0. The molecule has 1 saturated heterocycles. The number of hydrogen-bond acceptors (Lipinski definition) is 6. The van der Waals surface area contributed by atoms with E-state index in [1.165, 1.54) is 14.0 Å². The molecule has 1 aliphatic rings. The number of benzene rings is 2. The van der Waals surface area contributed by atoms with Gasteiger partial charge in [0, 0.05) is 32.0 Å². The predicted molar refractivity (Wildman–Crippen MR) is 127 cm³/mol. The number of aryl methyl sites for hydroxylation is 1. The third-order valence-corrected chi connectivity index (χ3v) is 6.33. The fourth-order valence-electron chi connectivity index (χ4n) is 4.41. The van der Waals surface area contributed by atoms with Gasteiger partial charge in [0.25, 0.3) is 0 Å². The standard InChI is InChI=1S/C27H30N2O5/c1-18-25(28-26(34-18)21-7-5-4-6-8-21)13-14-33-23-11-9-20(10-12-23)15-22-16-29(19(2)30)17-24(22)27(31)32-3/h4-12,22,24H,13-17H2,1-3H3/t22-,24+/m1/s1. The molecule has 7 nitrogen and oxygen atoms in total. The van der Waals surface area contributed by atoms with Gasteiger partial charge in [-0.1, -0.05) is 30.3 Å². The summed E-state index contributed by atoms with van der Waals surface area (Å²) in [5.41, 5.74) is 2.94. The van der Waals surface area contributed by atoms with Crippen molar-refractivity contribution in [2.45, 2.75) is 26.7 Å². The van der Waals surface area contributed by atoms with Crippen LogP contribution in [0.5, 0.6) is 5.75 Å². The summed E-state index contributed by atoms with van der Waals surface area (Å²) in [7, 11) is 1.39. The molecular weight excluding hydrogens is 432 g/mol. The van der Waals surface area contributed by atoms with Crippen molar-refractivity contribution in [3.63, 3.8) is 0 Å². The van der Waals surface area contributed by atoms with Gasteiger partial charge in [-0.3, -0.25) is 9.59 Å². The molecule has 3 aromatic rings. The van der Waals surface area contributed by atoms with Crippen LogP contribution in [-0.4, -0.2) is 48.6 Å². The topological polar surface area (TPSA) is 81.9 Å². The SMILES string of the molecule is COC(=O)[C@H]1CN(C(C)=O)C[C@H]1Cc1ccc(OCCc2nc(-c3ccccc3)oc2C)cc1. The zero-order chi connectivity index (χ0) is 24.1. The molecule has 178 valence electrons. The third kappa shape index (κ3) is 5.47. The monoisotopic (exact) mass is 462 g/mol. The van der Waals surface area contributed by atoms with Crippen LogP contribution < -0.4 is 4.74 Å². The molecule has 2 atom stereocenters. The number of ether oxygens (including phenoxy) is 2. The van der Waals surface area contributed by atoms with Gasteiger partial charge in [0.1, 0.15) is 11.5 Å². The van der Waals surface area contributed by atoms with Crippen LogP contribution in [0.15, 0.2) is 59.0 Å². The predicted octanol–water partition coefficient (Wildman–Crippen LogP) is 4.08. The molecule has 7 heteroatoms. The zero-order valence-corrected chi connectivity index (χ0v) is 19.8. The first-order valence-corrected chi connectivity index (χ1v) is 11.5. The average Bonchev–Trinajstić information content (AvgIpc) is 3.44. The summed E-state index contributed by atoms with van der Waals surface area (Å²) in [4.78, 5) is 30.3. The molecule has 2 aromatic carbocycles. The minimum absolute atomic E-state index is 0.0154. The maximum Gasteiger partial charge on any atom is 0.310 e. The maximum atomic E-state index is 12.2. The van der Waals surface area contributed by atoms with Crippen LogP contribution in [-0.2, 0) is 27.2 Å². The minimum atomic E-state index is -0.295. The molecule has 0 spiro atoms. The highest BCUT2D eigenvalue weighted by molar-refractivity contribution is 5.78. The molecule has 0 unspecified atom stereocenters. The first kappa shape index (κ1) is 23.5. The summed E-state index contributed by atoms with van der Waals surface area (Å²) in [5.74, 6) is 1.67. The molecule has 2 heterocycles. The molecule has 0 saturated carbocycles. The Labute approximate surface area is 199 Å². The molecule has 4 rings (SSSR count). The first-order chi connectivity index (χ1) is 16.4. The fourth-order valence-corrected chi connectivity index (χ4v) is 4.41. The van der Waals surface area contributed by atoms with E-state index in [0.29, 0.717) is 38.4 Å². The van der Waals surface area contributed by atoms with Gasteiger partial charge in [-0.05, 0) is 49.1 Å². The fraction of sp³-hybridized carbons (Fsp3) is 0.370. The highest BCUT2D eigenvalue weighted by Crippen LogP contribution is 2.29. The molecule has 0 radical (unpaired) electrons. The molecule has 1 fully saturated rings. The number of amides is 1. The summed E-state index contributed by atoms with van der Waals surface area (Å²) in [6.07, 6.45) is 1.35. The van der Waals surface area contributed by atoms with Crippen LogP contribution in [0, 0.1) is 18.8 Å². The number of likely N-dealkylation sites (tertiary alicyclic amines) is 1. The van der Waals surface area contributed by atoms with Crippen molar-refractivity contribution in [2.24, 2.45) is 11.8 Å². The Hall–Kier alpha value is -3.61. The maximum absolute atomic E-state index is 12.2. The van der Waals surface area contributed by atoms with E-state index in [2.05, 4.69) is 4.98 Å². The second-order valence-corrected chi connectivity index (χ2v) is 8.65. The highest BCUT2D eigenvalue weighted by atomic mass is 16.5. The number of carbonyl (C=O) groups excluding carboxylic acids is 2. The molecule has 1 aliphatic heterocycles. The Morgan fingerprint density at radius 3 is 2.50 bits per heavy atom. The number of aromatic nitrogens is 1. The second kappa shape index (κ2) is 10.5. The van der Waals surface area contributed by atoms with Gasteiger partial charge in [0.05, 0.1) is 25.3 Å². The molecule has 1 aromatic heterocycles. The number of carbonyl (C=O) groups is 2. The van der Waals surface area contributed by atoms with Crippen molar-refractivity contribution >= 4 is 11.9 Å². The molecule has 0 bridgehead atoms. The Morgan fingerprint density at radius 2 is 1.82 bits per heavy atom. The quantitative estimate of drug-likeness (QED) is 0.469. The molecular formula is C27H30N2O5. The largest absolute Gasteiger partial charge is 0.493 e. The van der Waals surface area contributed by atoms with Gasteiger partial charge in [0.2, 0.25) is 11.8 Å². The van der Waals surface area contributed by atoms with Crippen molar-refractivity contribution in [1.29, 1.82) is 0 Å². The van der Waals surface area contributed by atoms with Gasteiger partial charge >= 0.3 is 5.97 Å². The lowest BCUT2D eigenvalue weighted by Gasteiger charge is -2.16. The van der Waals surface area contributed by atoms with Crippen LogP contribution in [0.25, 0.3) is 11.5 Å². The van der Waals surface area contributed by atoms with E-state index in [4.69, 9.17) is 13.9 Å². The summed E-state index contributed by atoms with van der Waals surface area (Å²) in [6.45, 7) is 4.92. The number of rotatable bonds is 8. The number of oxazole rings is 1. The van der Waals surface area contributed by atoms with Crippen molar-refractivity contribution in [2.75, 3.05) is 26.8 Å². The summed E-state index contributed by atoms with van der Waals surface area (Å²) >= 11 is 0. The summed E-state index contributed by atoms with van der Waals surface area (Å²) < 4.78 is 16.7. The Bertz CT molecular complexity index is 1120. The van der Waals surface area contributed by atoms with E-state index in [9.17, 15) is 9.59 Å². The van der Waals surface area contributed by atoms with Gasteiger partial charge in [-0.2, -0.15) is 0 Å². The van der Waals surface area contributed by atoms with Crippen LogP contribution >= 0.6 is 0 Å². The summed E-state index contributed by atoms with van der Waals surface area (Å²) in [6, 6.07) is 17.7. The molecule has 0 N–H and O–H groups in total. The van der Waals surface area contributed by atoms with Crippen molar-refractivity contribution in [1.82, 2.24) is 9.88 Å². The van der Waals surface area contributed by atoms with Crippen molar-refractivity contribution in [3.8, 4) is 17.2 Å². The highest BCUT2D eigenvalue weighted by Gasteiger charge is 2.39. The van der Waals surface area contributed by atoms with Gasteiger partial charge < -0.3 is 18.8 Å². The number of methoxy groups -OCH3 is 1. The van der Waals surface area contributed by atoms with E-state index < -0.39 is 0 Å². The van der Waals surface area contributed by atoms with E-state index in [-0.39, 0.29) is 23.7 Å². The number of nitrogens with zero attached hydrogens (tertiary/aromatic N) is 2. The lowest BCUT2D eigenvalue weighted by molar-refractivity contribution is -0.146. The van der Waals surface area contributed by atoms with Gasteiger partial charge in [-0.15, -0.1) is 0 Å². The van der Waals surface area contributed by atoms with Gasteiger partial charge in [-0.25, -0.2) is 4.98 Å². The van der Waals surface area contributed by atoms with Crippen LogP contribution in [0.2, 0.25) is 0 Å². The zero-order valence-electron chi connectivity index (χ0n) is 19.8. The molecule has 0 aliphatic carbocycles. The lowest BCUT2D eigenvalue weighted by atomic mass is 9.90. The normalized spacial score (nSPS) is 17.6. The van der Waals surface area contributed by atoms with Crippen molar-refractivity contribution < 1.29 is 23.5 Å². The van der Waals surface area contributed by atoms with E-state index >= 15 is 0 Å². The van der Waals surface area contributed by atoms with Crippen LogP contribution in [0.4, 0.5) is 0 Å². The third-order valence-electron chi connectivity index (χ3n) is 6.33. The van der Waals surface area contributed by atoms with Crippen LogP contribution in [0.1, 0.15) is 23.9 Å². The molecule has 34 heavy (non-hydrogen) atoms. The molecule has 1 amide bonds. The first-order valence-electron chi connectivity index (χ1n) is 11.5. The number of esters is 1.